The Morgan fingerprint density at radius 3 is 2.60 bits per heavy atom. The quantitative estimate of drug-likeness (QED) is 0.584. The predicted molar refractivity (Wildman–Crippen MR) is 44.9 cm³/mol. The highest BCUT2D eigenvalue weighted by Gasteiger charge is 2.08. The van der Waals surface area contributed by atoms with Crippen LogP contribution in [0.3, 0.4) is 0 Å². The van der Waals surface area contributed by atoms with Gasteiger partial charge in [0.1, 0.15) is 0 Å². The third-order valence-electron chi connectivity index (χ3n) is 1.84. The van der Waals surface area contributed by atoms with Gasteiger partial charge in [-0.05, 0) is 12.3 Å². The molecule has 0 rings (SSSR count). The molecule has 1 nitrogen and oxygen atoms in total. The third kappa shape index (κ3) is 3.67. The summed E-state index contributed by atoms with van der Waals surface area (Å²) in [5.74, 6) is 0.373. The summed E-state index contributed by atoms with van der Waals surface area (Å²) in [6.45, 7) is 7.76. The maximum atomic E-state index is 9.24. The molecule has 0 saturated heterocycles. The molecule has 0 aliphatic heterocycles. The number of hydrogen-bond donors (Lipinski definition) is 1. The molecule has 2 atom stereocenters. The summed E-state index contributed by atoms with van der Waals surface area (Å²) < 4.78 is 0. The first kappa shape index (κ1) is 9.70. The van der Waals surface area contributed by atoms with E-state index in [0.29, 0.717) is 5.92 Å². The molecule has 0 amide bonds. The van der Waals surface area contributed by atoms with Gasteiger partial charge in [0.25, 0.3) is 0 Å². The van der Waals surface area contributed by atoms with Crippen molar-refractivity contribution in [2.75, 3.05) is 0 Å². The van der Waals surface area contributed by atoms with Crippen molar-refractivity contribution in [3.05, 3.63) is 12.7 Å². The highest BCUT2D eigenvalue weighted by molar-refractivity contribution is 4.81. The van der Waals surface area contributed by atoms with Gasteiger partial charge in [-0.25, -0.2) is 0 Å². The second-order valence-electron chi connectivity index (χ2n) is 2.85. The Bertz CT molecular complexity index is 88.7. The lowest BCUT2D eigenvalue weighted by Crippen LogP contribution is -2.13. The van der Waals surface area contributed by atoms with Crippen molar-refractivity contribution < 1.29 is 5.11 Å². The smallest absolute Gasteiger partial charge is 0.0743 e. The van der Waals surface area contributed by atoms with Gasteiger partial charge in [0.05, 0.1) is 6.10 Å². The van der Waals surface area contributed by atoms with Crippen molar-refractivity contribution in [1.82, 2.24) is 0 Å². The van der Waals surface area contributed by atoms with Crippen LogP contribution < -0.4 is 0 Å². The Hall–Kier alpha value is -0.300. The largest absolute Gasteiger partial charge is 0.389 e. The molecule has 0 bridgehead atoms. The molecule has 0 aromatic heterocycles. The van der Waals surface area contributed by atoms with E-state index < -0.39 is 0 Å². The van der Waals surface area contributed by atoms with Gasteiger partial charge in [0.15, 0.2) is 0 Å². The molecule has 0 aromatic rings. The molecule has 0 heterocycles. The number of aliphatic hydroxyl groups is 1. The maximum absolute atomic E-state index is 9.24. The molecule has 10 heavy (non-hydrogen) atoms. The molecule has 0 aliphatic carbocycles. The van der Waals surface area contributed by atoms with E-state index in [0.717, 1.165) is 6.42 Å². The van der Waals surface area contributed by atoms with E-state index in [9.17, 15) is 5.11 Å². The van der Waals surface area contributed by atoms with Gasteiger partial charge in [-0.2, -0.15) is 0 Å². The zero-order valence-electron chi connectivity index (χ0n) is 7.01. The fourth-order valence-corrected chi connectivity index (χ4v) is 0.929. The Labute approximate surface area is 63.8 Å². The molecular formula is C9H18O. The SMILES string of the molecule is C=CC(O)C(C)CCCC. The van der Waals surface area contributed by atoms with E-state index in [4.69, 9.17) is 0 Å². The van der Waals surface area contributed by atoms with Crippen molar-refractivity contribution in [3.8, 4) is 0 Å². The van der Waals surface area contributed by atoms with Gasteiger partial charge in [0, 0.05) is 0 Å². The summed E-state index contributed by atoms with van der Waals surface area (Å²) in [6, 6.07) is 0. The number of rotatable bonds is 5. The summed E-state index contributed by atoms with van der Waals surface area (Å²) in [4.78, 5) is 0. The lowest BCUT2D eigenvalue weighted by molar-refractivity contribution is 0.155. The average molecular weight is 142 g/mol. The second kappa shape index (κ2) is 5.48. The lowest BCUT2D eigenvalue weighted by atomic mass is 9.98. The lowest BCUT2D eigenvalue weighted by Gasteiger charge is -2.13. The van der Waals surface area contributed by atoms with Crippen LogP contribution in [0.1, 0.15) is 33.1 Å². The number of hydrogen-bond acceptors (Lipinski definition) is 1. The molecule has 1 N–H and O–H groups in total. The van der Waals surface area contributed by atoms with Gasteiger partial charge in [-0.15, -0.1) is 6.58 Å². The van der Waals surface area contributed by atoms with Crippen LogP contribution >= 0.6 is 0 Å². The van der Waals surface area contributed by atoms with Crippen LogP contribution in [0, 0.1) is 5.92 Å². The molecule has 0 spiro atoms. The number of unbranched alkanes of at least 4 members (excludes halogenated alkanes) is 1. The van der Waals surface area contributed by atoms with Gasteiger partial charge in [0.2, 0.25) is 0 Å². The molecular weight excluding hydrogens is 124 g/mol. The van der Waals surface area contributed by atoms with E-state index in [1.54, 1.807) is 6.08 Å². The van der Waals surface area contributed by atoms with Gasteiger partial charge >= 0.3 is 0 Å². The zero-order valence-corrected chi connectivity index (χ0v) is 7.01. The predicted octanol–water partition coefficient (Wildman–Crippen LogP) is 2.36. The molecule has 0 aromatic carbocycles. The number of aliphatic hydroxyl groups excluding tert-OH is 1. The van der Waals surface area contributed by atoms with Crippen molar-refractivity contribution in [3.63, 3.8) is 0 Å². The highest BCUT2D eigenvalue weighted by atomic mass is 16.3. The standard InChI is InChI=1S/C9H18O/c1-4-6-7-8(3)9(10)5-2/h5,8-10H,2,4,6-7H2,1,3H3. The summed E-state index contributed by atoms with van der Waals surface area (Å²) in [6.07, 6.45) is 4.80. The minimum Gasteiger partial charge on any atom is -0.389 e. The second-order valence-corrected chi connectivity index (χ2v) is 2.85. The van der Waals surface area contributed by atoms with Crippen LogP contribution in [-0.4, -0.2) is 11.2 Å². The summed E-state index contributed by atoms with van der Waals surface area (Å²) >= 11 is 0. The van der Waals surface area contributed by atoms with E-state index in [2.05, 4.69) is 20.4 Å². The third-order valence-corrected chi connectivity index (χ3v) is 1.84. The van der Waals surface area contributed by atoms with E-state index >= 15 is 0 Å². The first-order valence-corrected chi connectivity index (χ1v) is 4.03. The van der Waals surface area contributed by atoms with Crippen molar-refractivity contribution >= 4 is 0 Å². The van der Waals surface area contributed by atoms with E-state index in [-0.39, 0.29) is 6.10 Å². The highest BCUT2D eigenvalue weighted by Crippen LogP contribution is 2.12. The van der Waals surface area contributed by atoms with Crippen LogP contribution in [0.25, 0.3) is 0 Å². The summed E-state index contributed by atoms with van der Waals surface area (Å²) in [5.41, 5.74) is 0. The Kier molecular flexibility index (Phi) is 5.32. The van der Waals surface area contributed by atoms with Crippen molar-refractivity contribution in [2.45, 2.75) is 39.2 Å². The minimum atomic E-state index is -0.313. The molecule has 0 radical (unpaired) electrons. The molecule has 2 unspecified atom stereocenters. The van der Waals surface area contributed by atoms with Crippen molar-refractivity contribution in [2.24, 2.45) is 5.92 Å². The van der Waals surface area contributed by atoms with Crippen LogP contribution in [0.5, 0.6) is 0 Å². The molecule has 0 fully saturated rings. The van der Waals surface area contributed by atoms with E-state index in [1.165, 1.54) is 12.8 Å². The zero-order chi connectivity index (χ0) is 7.98. The first-order chi connectivity index (χ1) is 4.72. The summed E-state index contributed by atoms with van der Waals surface area (Å²) in [7, 11) is 0. The van der Waals surface area contributed by atoms with E-state index in [1.807, 2.05) is 0 Å². The van der Waals surface area contributed by atoms with Crippen molar-refractivity contribution in [1.29, 1.82) is 0 Å². The summed E-state index contributed by atoms with van der Waals surface area (Å²) in [5, 5.41) is 9.24. The molecule has 1 heteroatoms. The molecule has 60 valence electrons. The Balaban J connectivity index is 3.40. The van der Waals surface area contributed by atoms with Crippen LogP contribution in [-0.2, 0) is 0 Å². The fourth-order valence-electron chi connectivity index (χ4n) is 0.929. The van der Waals surface area contributed by atoms with Crippen LogP contribution in [0.2, 0.25) is 0 Å². The topological polar surface area (TPSA) is 20.2 Å². The monoisotopic (exact) mass is 142 g/mol. The Morgan fingerprint density at radius 2 is 2.20 bits per heavy atom. The maximum Gasteiger partial charge on any atom is 0.0743 e. The van der Waals surface area contributed by atoms with Gasteiger partial charge in [-0.1, -0.05) is 32.8 Å². The Morgan fingerprint density at radius 1 is 1.60 bits per heavy atom. The first-order valence-electron chi connectivity index (χ1n) is 4.03. The fraction of sp³-hybridized carbons (Fsp3) is 0.778. The van der Waals surface area contributed by atoms with Crippen LogP contribution in [0.15, 0.2) is 12.7 Å². The van der Waals surface area contributed by atoms with Gasteiger partial charge < -0.3 is 5.11 Å². The molecule has 0 aliphatic rings. The van der Waals surface area contributed by atoms with Crippen LogP contribution in [0.4, 0.5) is 0 Å². The average Bonchev–Trinajstić information content (AvgIpc) is 1.98. The normalized spacial score (nSPS) is 16.3. The molecule has 0 saturated carbocycles. The minimum absolute atomic E-state index is 0.313. The van der Waals surface area contributed by atoms with Gasteiger partial charge in [-0.3, -0.25) is 0 Å².